The molecule has 0 aliphatic carbocycles. The molecule has 6 nitrogen and oxygen atoms in total. The van der Waals surface area contributed by atoms with E-state index in [0.29, 0.717) is 19.0 Å². The van der Waals surface area contributed by atoms with Crippen LogP contribution >= 0.6 is 11.6 Å². The molecule has 3 N–H and O–H groups in total. The largest absolute Gasteiger partial charge is 0.444 e. The number of guanidine groups is 1. The van der Waals surface area contributed by atoms with Crippen LogP contribution < -0.4 is 16.0 Å². The summed E-state index contributed by atoms with van der Waals surface area (Å²) < 4.78 is 5.16. The molecule has 0 radical (unpaired) electrons. The molecule has 24 heavy (non-hydrogen) atoms. The number of alkyl carbamates (subject to hydrolysis) is 1. The molecule has 0 bridgehead atoms. The lowest BCUT2D eigenvalue weighted by Gasteiger charge is -2.19. The molecule has 0 fully saturated rings. The van der Waals surface area contributed by atoms with E-state index >= 15 is 0 Å². The van der Waals surface area contributed by atoms with E-state index in [1.54, 1.807) is 7.05 Å². The van der Waals surface area contributed by atoms with Gasteiger partial charge in [0.1, 0.15) is 5.60 Å². The second-order valence-electron chi connectivity index (χ2n) is 6.23. The van der Waals surface area contributed by atoms with Crippen molar-refractivity contribution >= 4 is 23.7 Å². The molecule has 0 spiro atoms. The smallest absolute Gasteiger partial charge is 0.407 e. The monoisotopic (exact) mass is 354 g/mol. The van der Waals surface area contributed by atoms with Crippen LogP contribution in [0.2, 0.25) is 5.02 Å². The number of rotatable bonds is 6. The van der Waals surface area contributed by atoms with E-state index < -0.39 is 11.7 Å². The minimum absolute atomic E-state index is 0.423. The molecular weight excluding hydrogens is 328 g/mol. The first-order chi connectivity index (χ1) is 11.3. The van der Waals surface area contributed by atoms with E-state index in [2.05, 4.69) is 20.9 Å². The standard InChI is InChI=1S/C17H27ClN4O2/c1-17(2,3)24-16(23)22-11-10-21-15(19-4)20-9-8-13-6-5-7-14(18)12-13/h5-7,12H,8-11H2,1-4H3,(H,22,23)(H2,19,20,21). The van der Waals surface area contributed by atoms with Gasteiger partial charge < -0.3 is 20.7 Å². The van der Waals surface area contributed by atoms with E-state index in [1.807, 2.05) is 45.0 Å². The van der Waals surface area contributed by atoms with Crippen LogP contribution in [0, 0.1) is 0 Å². The molecule has 134 valence electrons. The Balaban J connectivity index is 2.20. The number of halogens is 1. The number of carbonyl (C=O) groups is 1. The van der Waals surface area contributed by atoms with Crippen LogP contribution in [0.5, 0.6) is 0 Å². The third-order valence-corrected chi connectivity index (χ3v) is 3.14. The predicted octanol–water partition coefficient (Wildman–Crippen LogP) is 2.57. The zero-order valence-corrected chi connectivity index (χ0v) is 15.5. The van der Waals surface area contributed by atoms with E-state index in [-0.39, 0.29) is 0 Å². The molecule has 0 saturated heterocycles. The third-order valence-electron chi connectivity index (χ3n) is 2.90. The van der Waals surface area contributed by atoms with E-state index in [4.69, 9.17) is 16.3 Å². The minimum atomic E-state index is -0.491. The zero-order valence-electron chi connectivity index (χ0n) is 14.8. The maximum Gasteiger partial charge on any atom is 0.407 e. The Kier molecular flexibility index (Phi) is 8.40. The topological polar surface area (TPSA) is 74.8 Å². The summed E-state index contributed by atoms with van der Waals surface area (Å²) in [5, 5.41) is 9.77. The van der Waals surface area contributed by atoms with Crippen molar-refractivity contribution in [1.82, 2.24) is 16.0 Å². The van der Waals surface area contributed by atoms with Crippen molar-refractivity contribution in [2.75, 3.05) is 26.7 Å². The van der Waals surface area contributed by atoms with Crippen LogP contribution in [0.25, 0.3) is 0 Å². The fourth-order valence-electron chi connectivity index (χ4n) is 1.90. The molecule has 0 aliphatic rings. The highest BCUT2D eigenvalue weighted by atomic mass is 35.5. The summed E-state index contributed by atoms with van der Waals surface area (Å²) in [6.07, 6.45) is 0.422. The first-order valence-electron chi connectivity index (χ1n) is 7.96. The number of nitrogens with zero attached hydrogens (tertiary/aromatic N) is 1. The Morgan fingerprint density at radius 2 is 1.83 bits per heavy atom. The van der Waals surface area contributed by atoms with Gasteiger partial charge >= 0.3 is 6.09 Å². The summed E-state index contributed by atoms with van der Waals surface area (Å²) in [5.41, 5.74) is 0.673. The van der Waals surface area contributed by atoms with Gasteiger partial charge in [-0.3, -0.25) is 4.99 Å². The van der Waals surface area contributed by atoms with Crippen molar-refractivity contribution in [1.29, 1.82) is 0 Å². The molecular formula is C17H27ClN4O2. The number of hydrogen-bond acceptors (Lipinski definition) is 3. The number of amides is 1. The van der Waals surface area contributed by atoms with Crippen molar-refractivity contribution in [2.24, 2.45) is 4.99 Å². The van der Waals surface area contributed by atoms with Gasteiger partial charge in [0.25, 0.3) is 0 Å². The Morgan fingerprint density at radius 1 is 1.17 bits per heavy atom. The highest BCUT2D eigenvalue weighted by molar-refractivity contribution is 6.30. The van der Waals surface area contributed by atoms with Crippen LogP contribution in [0.4, 0.5) is 4.79 Å². The molecule has 0 heterocycles. The average molecular weight is 355 g/mol. The van der Waals surface area contributed by atoms with Gasteiger partial charge in [-0.15, -0.1) is 0 Å². The second kappa shape index (κ2) is 10.0. The van der Waals surface area contributed by atoms with Gasteiger partial charge in [0.05, 0.1) is 0 Å². The van der Waals surface area contributed by atoms with Crippen molar-refractivity contribution in [3.8, 4) is 0 Å². The first kappa shape index (κ1) is 20.1. The van der Waals surface area contributed by atoms with Gasteiger partial charge in [-0.05, 0) is 44.9 Å². The lowest BCUT2D eigenvalue weighted by atomic mass is 10.1. The van der Waals surface area contributed by atoms with Crippen molar-refractivity contribution in [3.63, 3.8) is 0 Å². The Morgan fingerprint density at radius 3 is 2.46 bits per heavy atom. The summed E-state index contributed by atoms with van der Waals surface area (Å²) in [6, 6.07) is 7.78. The average Bonchev–Trinajstić information content (AvgIpc) is 2.48. The highest BCUT2D eigenvalue weighted by Gasteiger charge is 2.15. The van der Waals surface area contributed by atoms with Crippen LogP contribution in [0.3, 0.4) is 0 Å². The fourth-order valence-corrected chi connectivity index (χ4v) is 2.11. The van der Waals surface area contributed by atoms with Crippen LogP contribution in [-0.4, -0.2) is 44.3 Å². The quantitative estimate of drug-likeness (QED) is 0.417. The first-order valence-corrected chi connectivity index (χ1v) is 8.34. The van der Waals surface area contributed by atoms with Crippen LogP contribution in [0.15, 0.2) is 29.3 Å². The molecule has 0 atom stereocenters. The normalized spacial score (nSPS) is 11.8. The van der Waals surface area contributed by atoms with Gasteiger partial charge in [0.15, 0.2) is 5.96 Å². The molecule has 0 aromatic heterocycles. The van der Waals surface area contributed by atoms with Crippen molar-refractivity contribution < 1.29 is 9.53 Å². The van der Waals surface area contributed by atoms with Gasteiger partial charge in [-0.2, -0.15) is 0 Å². The Bertz CT molecular complexity index is 556. The third kappa shape index (κ3) is 9.25. The molecule has 1 rings (SSSR count). The Hall–Kier alpha value is -1.95. The molecule has 1 amide bonds. The van der Waals surface area contributed by atoms with Gasteiger partial charge in [-0.1, -0.05) is 23.7 Å². The number of nitrogens with one attached hydrogen (secondary N) is 3. The number of ether oxygens (including phenoxy) is 1. The number of aliphatic imine (C=N–C) groups is 1. The molecule has 0 saturated carbocycles. The maximum atomic E-state index is 11.5. The predicted molar refractivity (Wildman–Crippen MR) is 98.8 cm³/mol. The molecule has 1 aromatic carbocycles. The summed E-state index contributed by atoms with van der Waals surface area (Å²) >= 11 is 5.96. The SMILES string of the molecule is CN=C(NCCNC(=O)OC(C)(C)C)NCCc1cccc(Cl)c1. The maximum absolute atomic E-state index is 11.5. The highest BCUT2D eigenvalue weighted by Crippen LogP contribution is 2.10. The second-order valence-corrected chi connectivity index (χ2v) is 6.67. The summed E-state index contributed by atoms with van der Waals surface area (Å²) in [4.78, 5) is 15.6. The van der Waals surface area contributed by atoms with Crippen molar-refractivity contribution in [2.45, 2.75) is 32.8 Å². The van der Waals surface area contributed by atoms with Crippen LogP contribution in [-0.2, 0) is 11.2 Å². The summed E-state index contributed by atoms with van der Waals surface area (Å²) in [7, 11) is 1.70. The molecule has 0 unspecified atom stereocenters. The zero-order chi connectivity index (χ0) is 18.0. The van der Waals surface area contributed by atoms with Gasteiger partial charge in [0, 0.05) is 31.7 Å². The van der Waals surface area contributed by atoms with Gasteiger partial charge in [0.2, 0.25) is 0 Å². The van der Waals surface area contributed by atoms with Crippen molar-refractivity contribution in [3.05, 3.63) is 34.9 Å². The molecule has 1 aromatic rings. The fraction of sp³-hybridized carbons (Fsp3) is 0.529. The van der Waals surface area contributed by atoms with E-state index in [9.17, 15) is 4.79 Å². The summed E-state index contributed by atoms with van der Waals surface area (Å²) in [5.74, 6) is 0.683. The van der Waals surface area contributed by atoms with E-state index in [0.717, 1.165) is 23.6 Å². The molecule has 0 aliphatic heterocycles. The summed E-state index contributed by atoms with van der Waals surface area (Å²) in [6.45, 7) is 7.23. The number of carbonyl (C=O) groups excluding carboxylic acids is 1. The van der Waals surface area contributed by atoms with Crippen LogP contribution in [0.1, 0.15) is 26.3 Å². The Labute approximate surface area is 149 Å². The van der Waals surface area contributed by atoms with Gasteiger partial charge in [-0.25, -0.2) is 4.79 Å². The lowest BCUT2D eigenvalue weighted by Crippen LogP contribution is -2.42. The number of hydrogen-bond donors (Lipinski definition) is 3. The number of benzene rings is 1. The lowest BCUT2D eigenvalue weighted by molar-refractivity contribution is 0.0529. The minimum Gasteiger partial charge on any atom is -0.444 e. The molecule has 7 heteroatoms. The van der Waals surface area contributed by atoms with E-state index in [1.165, 1.54) is 0 Å².